The van der Waals surface area contributed by atoms with E-state index in [4.69, 9.17) is 9.47 Å². The standard InChI is InChI=1S/C24H33FN4O2.HI/c1-18(31-23-10-5-4-9-22(23)25)14-27-24(26-3)28-15-20-7-6-8-21(13-20)17-29-11-12-30-19(2)16-29;/h4-10,13,18-19H,11-12,14-17H2,1-3H3,(H2,26,27,28);1H. The molecule has 0 saturated carbocycles. The first-order valence-corrected chi connectivity index (χ1v) is 10.8. The average molecular weight is 556 g/mol. The summed E-state index contributed by atoms with van der Waals surface area (Å²) in [5, 5.41) is 6.56. The minimum absolute atomic E-state index is 0. The molecular weight excluding hydrogens is 522 g/mol. The number of rotatable bonds is 8. The number of aliphatic imine (C=N–C) groups is 1. The number of para-hydroxylation sites is 1. The third kappa shape index (κ3) is 8.55. The van der Waals surface area contributed by atoms with Gasteiger partial charge in [-0.05, 0) is 37.1 Å². The highest BCUT2D eigenvalue weighted by Crippen LogP contribution is 2.16. The molecule has 176 valence electrons. The molecule has 2 aromatic rings. The Morgan fingerprint density at radius 3 is 2.75 bits per heavy atom. The van der Waals surface area contributed by atoms with Crippen molar-refractivity contribution in [2.24, 2.45) is 4.99 Å². The predicted molar refractivity (Wildman–Crippen MR) is 137 cm³/mol. The number of hydrogen-bond acceptors (Lipinski definition) is 4. The lowest BCUT2D eigenvalue weighted by Gasteiger charge is -2.31. The van der Waals surface area contributed by atoms with Crippen LogP contribution >= 0.6 is 24.0 Å². The Labute approximate surface area is 207 Å². The molecule has 1 saturated heterocycles. The van der Waals surface area contributed by atoms with Crippen molar-refractivity contribution in [3.8, 4) is 5.75 Å². The lowest BCUT2D eigenvalue weighted by molar-refractivity contribution is -0.0212. The van der Waals surface area contributed by atoms with Crippen LogP contribution in [-0.4, -0.2) is 56.4 Å². The van der Waals surface area contributed by atoms with E-state index in [1.54, 1.807) is 25.2 Å². The zero-order chi connectivity index (χ0) is 22.1. The number of ether oxygens (including phenoxy) is 2. The van der Waals surface area contributed by atoms with Gasteiger partial charge in [0.25, 0.3) is 0 Å². The van der Waals surface area contributed by atoms with Gasteiger partial charge in [-0.1, -0.05) is 36.4 Å². The van der Waals surface area contributed by atoms with Crippen LogP contribution in [0.4, 0.5) is 4.39 Å². The molecule has 1 aliphatic heterocycles. The van der Waals surface area contributed by atoms with E-state index >= 15 is 0 Å². The number of guanidine groups is 1. The Hall–Kier alpha value is -1.91. The first kappa shape index (κ1) is 26.3. The van der Waals surface area contributed by atoms with Crippen LogP contribution in [0, 0.1) is 5.82 Å². The maximum Gasteiger partial charge on any atom is 0.191 e. The molecule has 3 rings (SSSR count). The molecule has 32 heavy (non-hydrogen) atoms. The van der Waals surface area contributed by atoms with Gasteiger partial charge < -0.3 is 20.1 Å². The molecule has 0 aromatic heterocycles. The second-order valence-electron chi connectivity index (χ2n) is 7.90. The number of nitrogens with zero attached hydrogens (tertiary/aromatic N) is 2. The summed E-state index contributed by atoms with van der Waals surface area (Å²) in [7, 11) is 1.73. The van der Waals surface area contributed by atoms with Crippen LogP contribution in [0.25, 0.3) is 0 Å². The number of halogens is 2. The van der Waals surface area contributed by atoms with E-state index in [-0.39, 0.29) is 47.8 Å². The molecule has 2 atom stereocenters. The lowest BCUT2D eigenvalue weighted by atomic mass is 10.1. The normalized spacial score (nSPS) is 17.9. The fraction of sp³-hybridized carbons (Fsp3) is 0.458. The van der Waals surface area contributed by atoms with Crippen LogP contribution < -0.4 is 15.4 Å². The number of benzene rings is 2. The summed E-state index contributed by atoms with van der Waals surface area (Å²) in [6.07, 6.45) is 0.0763. The quantitative estimate of drug-likeness (QED) is 0.295. The molecule has 1 fully saturated rings. The summed E-state index contributed by atoms with van der Waals surface area (Å²) < 4.78 is 25.0. The van der Waals surface area contributed by atoms with Crippen LogP contribution in [0.15, 0.2) is 53.5 Å². The van der Waals surface area contributed by atoms with Crippen molar-refractivity contribution >= 4 is 29.9 Å². The lowest BCUT2D eigenvalue weighted by Crippen LogP contribution is -2.41. The summed E-state index contributed by atoms with van der Waals surface area (Å²) in [4.78, 5) is 6.70. The second kappa shape index (κ2) is 13.6. The van der Waals surface area contributed by atoms with Crippen molar-refractivity contribution < 1.29 is 13.9 Å². The van der Waals surface area contributed by atoms with Crippen LogP contribution in [0.1, 0.15) is 25.0 Å². The monoisotopic (exact) mass is 556 g/mol. The molecule has 1 heterocycles. The van der Waals surface area contributed by atoms with Gasteiger partial charge in [-0.2, -0.15) is 0 Å². The van der Waals surface area contributed by atoms with Gasteiger partial charge in [0.05, 0.1) is 19.3 Å². The molecule has 0 radical (unpaired) electrons. The molecule has 0 spiro atoms. The Morgan fingerprint density at radius 1 is 1.22 bits per heavy atom. The molecule has 8 heteroatoms. The molecule has 2 N–H and O–H groups in total. The van der Waals surface area contributed by atoms with Crippen LogP contribution in [-0.2, 0) is 17.8 Å². The molecule has 0 bridgehead atoms. The zero-order valence-corrected chi connectivity index (χ0v) is 21.3. The molecule has 2 aromatic carbocycles. The maximum absolute atomic E-state index is 13.7. The van der Waals surface area contributed by atoms with Crippen LogP contribution in [0.5, 0.6) is 5.75 Å². The summed E-state index contributed by atoms with van der Waals surface area (Å²) in [5.74, 6) is 0.575. The van der Waals surface area contributed by atoms with E-state index in [0.717, 1.165) is 26.2 Å². The smallest absolute Gasteiger partial charge is 0.191 e. The summed E-state index contributed by atoms with van der Waals surface area (Å²) in [6.45, 7) is 8.83. The zero-order valence-electron chi connectivity index (χ0n) is 19.0. The maximum atomic E-state index is 13.7. The largest absolute Gasteiger partial charge is 0.486 e. The van der Waals surface area contributed by atoms with E-state index < -0.39 is 0 Å². The van der Waals surface area contributed by atoms with E-state index in [9.17, 15) is 4.39 Å². The van der Waals surface area contributed by atoms with Crippen LogP contribution in [0.3, 0.4) is 0 Å². The highest BCUT2D eigenvalue weighted by Gasteiger charge is 2.16. The Bertz CT molecular complexity index is 867. The number of nitrogens with one attached hydrogen (secondary N) is 2. The van der Waals surface area contributed by atoms with Crippen molar-refractivity contribution in [2.75, 3.05) is 33.3 Å². The van der Waals surface area contributed by atoms with Crippen molar-refractivity contribution in [1.29, 1.82) is 0 Å². The molecule has 6 nitrogen and oxygen atoms in total. The van der Waals surface area contributed by atoms with Gasteiger partial charge in [-0.25, -0.2) is 4.39 Å². The van der Waals surface area contributed by atoms with Crippen molar-refractivity contribution in [2.45, 2.75) is 39.1 Å². The fourth-order valence-electron chi connectivity index (χ4n) is 3.58. The molecule has 2 unspecified atom stereocenters. The fourth-order valence-corrected chi connectivity index (χ4v) is 3.58. The number of hydrogen-bond donors (Lipinski definition) is 2. The Balaban J connectivity index is 0.00000363. The Kier molecular flexibility index (Phi) is 11.2. The summed E-state index contributed by atoms with van der Waals surface area (Å²) >= 11 is 0. The van der Waals surface area contributed by atoms with Gasteiger partial charge in [0, 0.05) is 33.2 Å². The molecular formula is C24H34FIN4O2. The van der Waals surface area contributed by atoms with Crippen LogP contribution in [0.2, 0.25) is 0 Å². The van der Waals surface area contributed by atoms with Gasteiger partial charge in [-0.3, -0.25) is 9.89 Å². The van der Waals surface area contributed by atoms with Gasteiger partial charge in [-0.15, -0.1) is 24.0 Å². The molecule has 1 aliphatic rings. The van der Waals surface area contributed by atoms with E-state index in [2.05, 4.69) is 51.7 Å². The SMILES string of the molecule is CN=C(NCc1cccc(CN2CCOC(C)C2)c1)NCC(C)Oc1ccccc1F.I. The van der Waals surface area contributed by atoms with E-state index in [0.29, 0.717) is 19.0 Å². The topological polar surface area (TPSA) is 58.1 Å². The number of morpholine rings is 1. The van der Waals surface area contributed by atoms with Gasteiger partial charge in [0.15, 0.2) is 17.5 Å². The highest BCUT2D eigenvalue weighted by atomic mass is 127. The van der Waals surface area contributed by atoms with Gasteiger partial charge in [0.2, 0.25) is 0 Å². The van der Waals surface area contributed by atoms with E-state index in [1.807, 2.05) is 6.92 Å². The molecule has 0 aliphatic carbocycles. The third-order valence-electron chi connectivity index (χ3n) is 5.13. The minimum atomic E-state index is -0.358. The highest BCUT2D eigenvalue weighted by molar-refractivity contribution is 14.0. The Morgan fingerprint density at radius 2 is 2.00 bits per heavy atom. The minimum Gasteiger partial charge on any atom is -0.486 e. The first-order chi connectivity index (χ1) is 15.0. The average Bonchev–Trinajstić information content (AvgIpc) is 2.76. The summed E-state index contributed by atoms with van der Waals surface area (Å²) in [5.41, 5.74) is 2.49. The van der Waals surface area contributed by atoms with Gasteiger partial charge in [0.1, 0.15) is 6.10 Å². The van der Waals surface area contributed by atoms with Crippen molar-refractivity contribution in [3.63, 3.8) is 0 Å². The van der Waals surface area contributed by atoms with Crippen molar-refractivity contribution in [3.05, 3.63) is 65.5 Å². The van der Waals surface area contributed by atoms with E-state index in [1.165, 1.54) is 17.2 Å². The molecule has 0 amide bonds. The van der Waals surface area contributed by atoms with Crippen molar-refractivity contribution in [1.82, 2.24) is 15.5 Å². The third-order valence-corrected chi connectivity index (χ3v) is 5.13. The summed E-state index contributed by atoms with van der Waals surface area (Å²) in [6, 6.07) is 15.0. The second-order valence-corrected chi connectivity index (χ2v) is 7.90. The first-order valence-electron chi connectivity index (χ1n) is 10.8. The predicted octanol–water partition coefficient (Wildman–Crippen LogP) is 3.80. The van der Waals surface area contributed by atoms with Gasteiger partial charge >= 0.3 is 0 Å².